The fraction of sp³-hybridized carbons (Fsp3) is 0.929. The number of aliphatic hydroxyl groups excluding tert-OH is 1. The van der Waals surface area contributed by atoms with E-state index in [4.69, 9.17) is 9.16 Å². The SMILES string of the molecule is CC(C)(C)OC(=O)N[C@H](CO)C(C)(C)O[SiH2]C(C)(C)C. The molecule has 0 saturated carbocycles. The van der Waals surface area contributed by atoms with Gasteiger partial charge >= 0.3 is 6.09 Å². The lowest BCUT2D eigenvalue weighted by Crippen LogP contribution is -2.54. The Bertz CT molecular complexity index is 318. The van der Waals surface area contributed by atoms with Gasteiger partial charge in [0, 0.05) is 0 Å². The van der Waals surface area contributed by atoms with Crippen LogP contribution in [0.5, 0.6) is 0 Å². The van der Waals surface area contributed by atoms with Gasteiger partial charge in [-0.1, -0.05) is 20.8 Å². The second kappa shape index (κ2) is 6.91. The second-order valence-corrected chi connectivity index (χ2v) is 10.5. The van der Waals surface area contributed by atoms with E-state index in [0.29, 0.717) is 0 Å². The quantitative estimate of drug-likeness (QED) is 0.762. The van der Waals surface area contributed by atoms with E-state index >= 15 is 0 Å². The van der Waals surface area contributed by atoms with Gasteiger partial charge in [-0.3, -0.25) is 0 Å². The van der Waals surface area contributed by atoms with Crippen molar-refractivity contribution < 1.29 is 19.1 Å². The molecule has 0 saturated heterocycles. The molecule has 2 N–H and O–H groups in total. The Morgan fingerprint density at radius 2 is 1.65 bits per heavy atom. The van der Waals surface area contributed by atoms with Crippen molar-refractivity contribution in [2.75, 3.05) is 6.61 Å². The lowest BCUT2D eigenvalue weighted by Gasteiger charge is -2.36. The van der Waals surface area contributed by atoms with Crippen LogP contribution in [0.3, 0.4) is 0 Å². The van der Waals surface area contributed by atoms with Crippen LogP contribution in [0.25, 0.3) is 0 Å². The largest absolute Gasteiger partial charge is 0.444 e. The second-order valence-electron chi connectivity index (χ2n) is 7.83. The Balaban J connectivity index is 4.61. The molecule has 0 aliphatic rings. The number of hydrogen-bond donors (Lipinski definition) is 2. The van der Waals surface area contributed by atoms with Crippen molar-refractivity contribution in [3.8, 4) is 0 Å². The minimum Gasteiger partial charge on any atom is -0.444 e. The standard InChI is InChI=1S/C14H31NO4Si/c1-12(2,3)18-11(17)15-10(9-16)14(7,8)19-20-13(4,5)6/h10,16H,9,20H2,1-8H3,(H,15,17)/t10-/m1/s1. The maximum Gasteiger partial charge on any atom is 0.408 e. The summed E-state index contributed by atoms with van der Waals surface area (Å²) in [6.45, 7) is 15.4. The third-order valence-electron chi connectivity index (χ3n) is 2.59. The molecule has 1 atom stereocenters. The zero-order valence-corrected chi connectivity index (χ0v) is 15.6. The Labute approximate surface area is 125 Å². The zero-order chi connectivity index (χ0) is 16.2. The summed E-state index contributed by atoms with van der Waals surface area (Å²) in [5, 5.41) is 12.3. The number of carbonyl (C=O) groups excluding carboxylic acids is 1. The van der Waals surface area contributed by atoms with Crippen LogP contribution < -0.4 is 5.32 Å². The molecule has 120 valence electrons. The monoisotopic (exact) mass is 305 g/mol. The molecule has 0 rings (SSSR count). The molecule has 0 spiro atoms. The number of alkyl carbamates (subject to hydrolysis) is 1. The summed E-state index contributed by atoms with van der Waals surface area (Å²) in [6, 6.07) is -0.493. The minimum absolute atomic E-state index is 0.156. The van der Waals surface area contributed by atoms with E-state index in [-0.39, 0.29) is 11.6 Å². The van der Waals surface area contributed by atoms with Crippen LogP contribution in [-0.4, -0.2) is 44.8 Å². The topological polar surface area (TPSA) is 67.8 Å². The van der Waals surface area contributed by atoms with Crippen LogP contribution in [0.1, 0.15) is 55.4 Å². The van der Waals surface area contributed by atoms with Crippen molar-refractivity contribution in [3.63, 3.8) is 0 Å². The third kappa shape index (κ3) is 8.55. The van der Waals surface area contributed by atoms with Crippen LogP contribution in [0.4, 0.5) is 4.79 Å². The van der Waals surface area contributed by atoms with Gasteiger partial charge in [-0.15, -0.1) is 0 Å². The molecule has 0 aromatic carbocycles. The summed E-state index contributed by atoms with van der Waals surface area (Å²) in [7, 11) is -0.777. The lowest BCUT2D eigenvalue weighted by molar-refractivity contribution is 0.0152. The fourth-order valence-electron chi connectivity index (χ4n) is 1.39. The fourth-order valence-corrected chi connectivity index (χ4v) is 2.40. The number of hydrogen-bond acceptors (Lipinski definition) is 4. The molecule has 6 heteroatoms. The molecule has 0 bridgehead atoms. The van der Waals surface area contributed by atoms with Gasteiger partial charge in [-0.05, 0) is 39.7 Å². The summed E-state index contributed by atoms with van der Waals surface area (Å²) >= 11 is 0. The highest BCUT2D eigenvalue weighted by atomic mass is 28.2. The van der Waals surface area contributed by atoms with Gasteiger partial charge in [0.1, 0.15) is 5.60 Å². The van der Waals surface area contributed by atoms with Crippen molar-refractivity contribution in [1.29, 1.82) is 0 Å². The van der Waals surface area contributed by atoms with Gasteiger partial charge in [-0.2, -0.15) is 0 Å². The molecular weight excluding hydrogens is 274 g/mol. The van der Waals surface area contributed by atoms with E-state index in [9.17, 15) is 9.90 Å². The zero-order valence-electron chi connectivity index (χ0n) is 14.2. The van der Waals surface area contributed by atoms with Gasteiger partial charge in [0.05, 0.1) is 18.2 Å². The van der Waals surface area contributed by atoms with E-state index in [0.717, 1.165) is 0 Å². The van der Waals surface area contributed by atoms with Gasteiger partial charge in [0.2, 0.25) is 0 Å². The summed E-state index contributed by atoms with van der Waals surface area (Å²) < 4.78 is 11.2. The Morgan fingerprint density at radius 1 is 1.15 bits per heavy atom. The molecular formula is C14H31NO4Si. The summed E-state index contributed by atoms with van der Waals surface area (Å²) in [5.74, 6) is 0. The first kappa shape index (κ1) is 19.4. The van der Waals surface area contributed by atoms with Gasteiger partial charge in [0.15, 0.2) is 9.76 Å². The first-order valence-electron chi connectivity index (χ1n) is 7.01. The van der Waals surface area contributed by atoms with E-state index in [1.165, 1.54) is 0 Å². The number of carbonyl (C=O) groups is 1. The number of aliphatic hydroxyl groups is 1. The van der Waals surface area contributed by atoms with Crippen LogP contribution in [0, 0.1) is 0 Å². The van der Waals surface area contributed by atoms with E-state index in [1.54, 1.807) is 20.8 Å². The van der Waals surface area contributed by atoms with Crippen LogP contribution in [0.15, 0.2) is 0 Å². The smallest absolute Gasteiger partial charge is 0.408 e. The lowest BCUT2D eigenvalue weighted by atomic mass is 10.0. The highest BCUT2D eigenvalue weighted by Gasteiger charge is 2.33. The maximum absolute atomic E-state index is 11.8. The number of nitrogens with one attached hydrogen (secondary N) is 1. The molecule has 0 aliphatic heterocycles. The minimum atomic E-state index is -0.777. The summed E-state index contributed by atoms with van der Waals surface area (Å²) in [6.07, 6.45) is -0.536. The molecule has 0 radical (unpaired) electrons. The molecule has 0 aliphatic carbocycles. The van der Waals surface area contributed by atoms with Crippen molar-refractivity contribution in [2.45, 2.75) is 77.7 Å². The molecule has 0 aromatic heterocycles. The molecule has 0 heterocycles. The highest BCUT2D eigenvalue weighted by Crippen LogP contribution is 2.25. The maximum atomic E-state index is 11.8. The Hall–Kier alpha value is -0.593. The molecule has 0 fully saturated rings. The van der Waals surface area contributed by atoms with E-state index in [2.05, 4.69) is 26.1 Å². The summed E-state index contributed by atoms with van der Waals surface area (Å²) in [4.78, 5) is 11.8. The molecule has 0 aromatic rings. The van der Waals surface area contributed by atoms with Crippen LogP contribution in [0.2, 0.25) is 5.04 Å². The van der Waals surface area contributed by atoms with Gasteiger partial charge in [0.25, 0.3) is 0 Å². The molecule has 5 nitrogen and oxygen atoms in total. The predicted molar refractivity (Wildman–Crippen MR) is 83.7 cm³/mol. The van der Waals surface area contributed by atoms with E-state index in [1.807, 2.05) is 13.8 Å². The Morgan fingerprint density at radius 3 is 2.00 bits per heavy atom. The van der Waals surface area contributed by atoms with Crippen molar-refractivity contribution >= 4 is 15.9 Å². The van der Waals surface area contributed by atoms with Crippen molar-refractivity contribution in [3.05, 3.63) is 0 Å². The highest BCUT2D eigenvalue weighted by molar-refractivity contribution is 6.31. The summed E-state index contributed by atoms with van der Waals surface area (Å²) in [5.41, 5.74) is -1.18. The van der Waals surface area contributed by atoms with Crippen LogP contribution in [-0.2, 0) is 9.16 Å². The third-order valence-corrected chi connectivity index (χ3v) is 4.34. The number of ether oxygens (including phenoxy) is 1. The number of rotatable bonds is 5. The Kier molecular flexibility index (Phi) is 6.71. The predicted octanol–water partition coefficient (Wildman–Crippen LogP) is 1.97. The number of amides is 1. The van der Waals surface area contributed by atoms with Crippen LogP contribution >= 0.6 is 0 Å². The van der Waals surface area contributed by atoms with Crippen molar-refractivity contribution in [1.82, 2.24) is 5.32 Å². The average molecular weight is 305 g/mol. The average Bonchev–Trinajstić information content (AvgIpc) is 2.19. The molecule has 1 amide bonds. The normalized spacial score (nSPS) is 15.4. The van der Waals surface area contributed by atoms with Gasteiger partial charge < -0.3 is 19.6 Å². The van der Waals surface area contributed by atoms with E-state index < -0.39 is 33.1 Å². The first-order valence-corrected chi connectivity index (χ1v) is 8.30. The molecule has 20 heavy (non-hydrogen) atoms. The van der Waals surface area contributed by atoms with Crippen molar-refractivity contribution in [2.24, 2.45) is 0 Å². The first-order chi connectivity index (χ1) is 8.77. The van der Waals surface area contributed by atoms with Gasteiger partial charge in [-0.25, -0.2) is 4.79 Å². The molecule has 0 unspecified atom stereocenters.